The van der Waals surface area contributed by atoms with Crippen LogP contribution < -0.4 is 10.6 Å². The Kier molecular flexibility index (Phi) is 5.11. The Hall–Kier alpha value is -0.850. The molecule has 21 heavy (non-hydrogen) atoms. The fourth-order valence-electron chi connectivity index (χ4n) is 3.32. The summed E-state index contributed by atoms with van der Waals surface area (Å²) in [6.45, 7) is 9.22. The van der Waals surface area contributed by atoms with E-state index in [1.54, 1.807) is 0 Å². The van der Waals surface area contributed by atoms with Gasteiger partial charge in [0, 0.05) is 44.3 Å². The number of hydrogen-bond acceptors (Lipinski definition) is 4. The van der Waals surface area contributed by atoms with Gasteiger partial charge in [-0.25, -0.2) is 4.79 Å². The van der Waals surface area contributed by atoms with E-state index >= 15 is 0 Å². The number of aliphatic hydroxyl groups is 1. The third-order valence-corrected chi connectivity index (χ3v) is 4.61. The van der Waals surface area contributed by atoms with Crippen LogP contribution in [0.2, 0.25) is 0 Å². The number of likely N-dealkylation sites (N-methyl/N-ethyl adjacent to an activating group) is 1. The molecule has 2 aliphatic rings. The van der Waals surface area contributed by atoms with E-state index in [0.717, 1.165) is 32.5 Å². The van der Waals surface area contributed by atoms with Crippen LogP contribution in [-0.2, 0) is 0 Å². The Bertz CT molecular complexity index is 369. The van der Waals surface area contributed by atoms with E-state index in [4.69, 9.17) is 0 Å². The molecule has 2 fully saturated rings. The van der Waals surface area contributed by atoms with Crippen LogP contribution >= 0.6 is 0 Å². The summed E-state index contributed by atoms with van der Waals surface area (Å²) in [5.74, 6) is 0. The minimum Gasteiger partial charge on any atom is -0.389 e. The quantitative estimate of drug-likeness (QED) is 0.695. The number of likely N-dealkylation sites (tertiary alicyclic amines) is 2. The minimum atomic E-state index is -0.680. The second-order valence-corrected chi connectivity index (χ2v) is 7.27. The third-order valence-electron chi connectivity index (χ3n) is 4.61. The van der Waals surface area contributed by atoms with E-state index in [-0.39, 0.29) is 18.1 Å². The van der Waals surface area contributed by atoms with Crippen molar-refractivity contribution in [2.24, 2.45) is 0 Å². The fourth-order valence-corrected chi connectivity index (χ4v) is 3.32. The van der Waals surface area contributed by atoms with Crippen LogP contribution in [0.25, 0.3) is 0 Å². The van der Waals surface area contributed by atoms with Crippen molar-refractivity contribution in [3.8, 4) is 0 Å². The molecule has 2 rings (SSSR count). The third kappa shape index (κ3) is 4.83. The number of β-amino-alcohol motifs (C(OH)–C–C–N with tert-alkyl or cyclic N) is 1. The number of hydrogen-bond donors (Lipinski definition) is 3. The molecule has 6 heteroatoms. The normalized spacial score (nSPS) is 31.6. The van der Waals surface area contributed by atoms with Crippen molar-refractivity contribution in [1.82, 2.24) is 20.4 Å². The Morgan fingerprint density at radius 3 is 2.57 bits per heavy atom. The van der Waals surface area contributed by atoms with Gasteiger partial charge in [-0.05, 0) is 40.7 Å². The summed E-state index contributed by atoms with van der Waals surface area (Å²) >= 11 is 0. The van der Waals surface area contributed by atoms with Gasteiger partial charge in [0.2, 0.25) is 0 Å². The van der Waals surface area contributed by atoms with Crippen molar-refractivity contribution in [2.75, 3.05) is 33.2 Å². The summed E-state index contributed by atoms with van der Waals surface area (Å²) in [7, 11) is 2.09. The van der Waals surface area contributed by atoms with Gasteiger partial charge < -0.3 is 20.6 Å². The van der Waals surface area contributed by atoms with Crippen LogP contribution in [0.1, 0.15) is 33.6 Å². The molecule has 0 radical (unpaired) electrons. The standard InChI is InChI=1S/C15H30N4O2/c1-11-13(6-7-18(11)4)17-14(20)16-12-5-8-19(9-12)10-15(2,3)21/h11-13,21H,5-10H2,1-4H3,(H2,16,17,20)/t11?,12-,13?/m1/s1. The Morgan fingerprint density at radius 2 is 2.00 bits per heavy atom. The molecule has 0 aromatic rings. The highest BCUT2D eigenvalue weighted by Gasteiger charge is 2.31. The molecule has 2 unspecified atom stereocenters. The first-order valence-electron chi connectivity index (χ1n) is 7.96. The van der Waals surface area contributed by atoms with Gasteiger partial charge in [-0.1, -0.05) is 0 Å². The van der Waals surface area contributed by atoms with E-state index in [1.165, 1.54) is 0 Å². The molecule has 6 nitrogen and oxygen atoms in total. The summed E-state index contributed by atoms with van der Waals surface area (Å²) < 4.78 is 0. The van der Waals surface area contributed by atoms with Crippen LogP contribution in [-0.4, -0.2) is 77.9 Å². The van der Waals surface area contributed by atoms with Crippen molar-refractivity contribution in [3.05, 3.63) is 0 Å². The van der Waals surface area contributed by atoms with Crippen molar-refractivity contribution in [1.29, 1.82) is 0 Å². The summed E-state index contributed by atoms with van der Waals surface area (Å²) in [5, 5.41) is 16.0. The molecule has 0 spiro atoms. The lowest BCUT2D eigenvalue weighted by Crippen LogP contribution is -2.50. The number of amides is 2. The van der Waals surface area contributed by atoms with Gasteiger partial charge in [0.25, 0.3) is 0 Å². The van der Waals surface area contributed by atoms with Gasteiger partial charge in [-0.15, -0.1) is 0 Å². The zero-order valence-corrected chi connectivity index (χ0v) is 13.7. The molecule has 2 saturated heterocycles. The molecule has 3 N–H and O–H groups in total. The second-order valence-electron chi connectivity index (χ2n) is 7.27. The molecule has 2 amide bonds. The van der Waals surface area contributed by atoms with Crippen LogP contribution in [0.15, 0.2) is 0 Å². The molecule has 3 atom stereocenters. The van der Waals surface area contributed by atoms with Gasteiger partial charge in [-0.2, -0.15) is 0 Å². The molecular weight excluding hydrogens is 268 g/mol. The zero-order valence-electron chi connectivity index (χ0n) is 13.7. The van der Waals surface area contributed by atoms with Crippen LogP contribution in [0.5, 0.6) is 0 Å². The SMILES string of the molecule is CC1C(NC(=O)N[C@@H]2CCN(CC(C)(C)O)C2)CCN1C. The molecule has 2 aliphatic heterocycles. The highest BCUT2D eigenvalue weighted by Crippen LogP contribution is 2.16. The first kappa shape index (κ1) is 16.5. The predicted octanol–water partition coefficient (Wildman–Crippen LogP) is 0.223. The summed E-state index contributed by atoms with van der Waals surface area (Å²) in [6.07, 6.45) is 1.96. The topological polar surface area (TPSA) is 67.8 Å². The lowest BCUT2D eigenvalue weighted by atomic mass is 10.1. The first-order valence-corrected chi connectivity index (χ1v) is 7.96. The van der Waals surface area contributed by atoms with E-state index in [2.05, 4.69) is 34.4 Å². The number of urea groups is 1. The Morgan fingerprint density at radius 1 is 1.29 bits per heavy atom. The van der Waals surface area contributed by atoms with E-state index < -0.39 is 5.60 Å². The Labute approximate surface area is 127 Å². The first-order chi connectivity index (χ1) is 9.74. The van der Waals surface area contributed by atoms with Gasteiger partial charge in [0.1, 0.15) is 0 Å². The van der Waals surface area contributed by atoms with Gasteiger partial charge in [0.15, 0.2) is 0 Å². The Balaban J connectivity index is 1.72. The monoisotopic (exact) mass is 298 g/mol. The lowest BCUT2D eigenvalue weighted by molar-refractivity contribution is 0.0434. The molecular formula is C15H30N4O2. The van der Waals surface area contributed by atoms with E-state index in [9.17, 15) is 9.90 Å². The van der Waals surface area contributed by atoms with Crippen molar-refractivity contribution >= 4 is 6.03 Å². The van der Waals surface area contributed by atoms with Crippen molar-refractivity contribution < 1.29 is 9.90 Å². The minimum absolute atomic E-state index is 0.0581. The number of rotatable bonds is 4. The average molecular weight is 298 g/mol. The molecule has 0 bridgehead atoms. The summed E-state index contributed by atoms with van der Waals surface area (Å²) in [4.78, 5) is 16.6. The second kappa shape index (κ2) is 6.50. The van der Waals surface area contributed by atoms with Crippen molar-refractivity contribution in [3.63, 3.8) is 0 Å². The average Bonchev–Trinajstić information content (AvgIpc) is 2.89. The maximum Gasteiger partial charge on any atom is 0.315 e. The van der Waals surface area contributed by atoms with Crippen LogP contribution in [0.3, 0.4) is 0 Å². The van der Waals surface area contributed by atoms with Gasteiger partial charge in [-0.3, -0.25) is 4.90 Å². The molecule has 0 aromatic carbocycles. The number of nitrogens with zero attached hydrogens (tertiary/aromatic N) is 2. The molecule has 0 aliphatic carbocycles. The van der Waals surface area contributed by atoms with Gasteiger partial charge in [0.05, 0.1) is 5.60 Å². The number of nitrogens with one attached hydrogen (secondary N) is 2. The highest BCUT2D eigenvalue weighted by atomic mass is 16.3. The van der Waals surface area contributed by atoms with Crippen LogP contribution in [0, 0.1) is 0 Å². The zero-order chi connectivity index (χ0) is 15.6. The summed E-state index contributed by atoms with van der Waals surface area (Å²) in [5.41, 5.74) is -0.680. The maximum absolute atomic E-state index is 12.1. The molecule has 0 saturated carbocycles. The largest absolute Gasteiger partial charge is 0.389 e. The maximum atomic E-state index is 12.1. The highest BCUT2D eigenvalue weighted by molar-refractivity contribution is 5.74. The van der Waals surface area contributed by atoms with E-state index in [1.807, 2.05) is 13.8 Å². The smallest absolute Gasteiger partial charge is 0.315 e. The number of carbonyl (C=O) groups excluding carboxylic acids is 1. The molecule has 0 aromatic heterocycles. The predicted molar refractivity (Wildman–Crippen MR) is 83.3 cm³/mol. The number of carbonyl (C=O) groups is 1. The van der Waals surface area contributed by atoms with E-state index in [0.29, 0.717) is 12.6 Å². The van der Waals surface area contributed by atoms with Gasteiger partial charge >= 0.3 is 6.03 Å². The van der Waals surface area contributed by atoms with Crippen molar-refractivity contribution in [2.45, 2.75) is 57.3 Å². The lowest BCUT2D eigenvalue weighted by Gasteiger charge is -2.25. The molecule has 122 valence electrons. The fraction of sp³-hybridized carbons (Fsp3) is 0.933. The van der Waals surface area contributed by atoms with Crippen LogP contribution in [0.4, 0.5) is 4.79 Å². The summed E-state index contributed by atoms with van der Waals surface area (Å²) in [6, 6.07) is 0.758. The molecule has 2 heterocycles.